The molecule has 0 amide bonds. The maximum absolute atomic E-state index is 12.8. The third-order valence-corrected chi connectivity index (χ3v) is 5.61. The minimum atomic E-state index is -3.46. The molecule has 0 aliphatic carbocycles. The zero-order valence-corrected chi connectivity index (χ0v) is 14.2. The van der Waals surface area contributed by atoms with Gasteiger partial charge in [0, 0.05) is 0 Å². The molecule has 1 aromatic heterocycles. The Kier molecular flexibility index (Phi) is 3.90. The largest absolute Gasteiger partial charge is 0.250 e. The average molecular weight is 326 g/mol. The predicted molar refractivity (Wildman–Crippen MR) is 91.1 cm³/mol. The van der Waals surface area contributed by atoms with Crippen LogP contribution in [0.15, 0.2) is 47.4 Å². The van der Waals surface area contributed by atoms with Crippen molar-refractivity contribution in [1.29, 1.82) is 0 Å². The molecule has 23 heavy (non-hydrogen) atoms. The molecule has 0 aliphatic heterocycles. The molecule has 0 saturated carbocycles. The summed E-state index contributed by atoms with van der Waals surface area (Å²) in [4.78, 5) is 9.33. The van der Waals surface area contributed by atoms with Gasteiger partial charge in [0.2, 0.25) is 0 Å². The van der Waals surface area contributed by atoms with E-state index >= 15 is 0 Å². The van der Waals surface area contributed by atoms with Crippen LogP contribution < -0.4 is 0 Å². The van der Waals surface area contributed by atoms with Gasteiger partial charge in [0.25, 0.3) is 0 Å². The van der Waals surface area contributed by atoms with Gasteiger partial charge in [0.15, 0.2) is 9.84 Å². The van der Waals surface area contributed by atoms with Crippen LogP contribution in [0.25, 0.3) is 11.0 Å². The van der Waals surface area contributed by atoms with Gasteiger partial charge in [0.05, 0.1) is 33.1 Å². The number of nitrogens with zero attached hydrogens (tertiary/aromatic N) is 2. The van der Waals surface area contributed by atoms with Gasteiger partial charge in [-0.25, -0.2) is 18.4 Å². The first kappa shape index (κ1) is 15.6. The topological polar surface area (TPSA) is 59.9 Å². The summed E-state index contributed by atoms with van der Waals surface area (Å²) in [5.74, 6) is -0.138. The third kappa shape index (κ3) is 3.10. The highest BCUT2D eigenvalue weighted by Gasteiger charge is 2.20. The van der Waals surface area contributed by atoms with Gasteiger partial charge in [-0.15, -0.1) is 0 Å². The Balaban J connectivity index is 2.07. The summed E-state index contributed by atoms with van der Waals surface area (Å²) in [5, 5.41) is 0. The maximum Gasteiger partial charge on any atom is 0.184 e. The van der Waals surface area contributed by atoms with E-state index in [-0.39, 0.29) is 5.75 Å². The lowest BCUT2D eigenvalue weighted by Crippen LogP contribution is -2.10. The minimum Gasteiger partial charge on any atom is -0.250 e. The third-order valence-electron chi connectivity index (χ3n) is 3.85. The van der Waals surface area contributed by atoms with Gasteiger partial charge in [-0.1, -0.05) is 24.3 Å². The number of sulfone groups is 1. The fourth-order valence-electron chi connectivity index (χ4n) is 2.56. The number of benzene rings is 2. The van der Waals surface area contributed by atoms with Gasteiger partial charge in [-0.3, -0.25) is 0 Å². The van der Waals surface area contributed by atoms with Crippen LogP contribution >= 0.6 is 0 Å². The van der Waals surface area contributed by atoms with Crippen molar-refractivity contribution >= 4 is 20.9 Å². The van der Waals surface area contributed by atoms with Gasteiger partial charge >= 0.3 is 0 Å². The van der Waals surface area contributed by atoms with Crippen molar-refractivity contribution in [3.05, 3.63) is 65.0 Å². The summed E-state index contributed by atoms with van der Waals surface area (Å²) < 4.78 is 25.6. The Morgan fingerprint density at radius 3 is 2.26 bits per heavy atom. The first-order valence-corrected chi connectivity index (χ1v) is 9.04. The summed E-state index contributed by atoms with van der Waals surface area (Å²) in [6.07, 6.45) is 0. The molecule has 0 saturated heterocycles. The molecule has 0 spiro atoms. The van der Waals surface area contributed by atoms with Gasteiger partial charge in [-0.05, 0) is 50.1 Å². The molecule has 1 heterocycles. The second-order valence-corrected chi connectivity index (χ2v) is 7.73. The van der Waals surface area contributed by atoms with Gasteiger partial charge in [-0.2, -0.15) is 0 Å². The van der Waals surface area contributed by atoms with Crippen molar-refractivity contribution in [2.45, 2.75) is 31.4 Å². The quantitative estimate of drug-likeness (QED) is 0.739. The zero-order chi connectivity index (χ0) is 16.6. The van der Waals surface area contributed by atoms with Crippen LogP contribution in [0.3, 0.4) is 0 Å². The van der Waals surface area contributed by atoms with Crippen LogP contribution in [0.1, 0.15) is 22.5 Å². The first-order chi connectivity index (χ1) is 10.9. The van der Waals surface area contributed by atoms with Crippen LogP contribution in [0.4, 0.5) is 0 Å². The predicted octanol–water partition coefficient (Wildman–Crippen LogP) is 3.53. The molecule has 3 aromatic rings. The van der Waals surface area contributed by atoms with Crippen LogP contribution in [0.5, 0.6) is 0 Å². The van der Waals surface area contributed by atoms with Crippen molar-refractivity contribution in [2.24, 2.45) is 0 Å². The number of rotatable bonds is 3. The molecule has 0 radical (unpaired) electrons. The Bertz CT molecular complexity index is 995. The molecule has 4 nitrogen and oxygen atoms in total. The normalized spacial score (nSPS) is 11.8. The van der Waals surface area contributed by atoms with E-state index in [1.54, 1.807) is 13.0 Å². The molecule has 118 valence electrons. The SMILES string of the molecule is Cc1ccc(C)c(S(=O)(=O)Cc2nc3ccccc3nc2C)c1. The molecular weight excluding hydrogens is 308 g/mol. The Morgan fingerprint density at radius 1 is 0.913 bits per heavy atom. The Labute approximate surface area is 136 Å². The van der Waals surface area contributed by atoms with E-state index in [9.17, 15) is 8.42 Å². The summed E-state index contributed by atoms with van der Waals surface area (Å²) in [6.45, 7) is 5.50. The number of para-hydroxylation sites is 2. The lowest BCUT2D eigenvalue weighted by atomic mass is 10.2. The summed E-state index contributed by atoms with van der Waals surface area (Å²) in [6, 6.07) is 12.9. The van der Waals surface area contributed by atoms with E-state index in [4.69, 9.17) is 0 Å². The number of fused-ring (bicyclic) bond motifs is 1. The van der Waals surface area contributed by atoms with E-state index < -0.39 is 9.84 Å². The summed E-state index contributed by atoms with van der Waals surface area (Å²) in [7, 11) is -3.46. The van der Waals surface area contributed by atoms with Crippen molar-refractivity contribution in [3.8, 4) is 0 Å². The number of aromatic nitrogens is 2. The molecular formula is C18H18N2O2S. The Morgan fingerprint density at radius 2 is 1.57 bits per heavy atom. The van der Waals surface area contributed by atoms with Gasteiger partial charge < -0.3 is 0 Å². The molecule has 0 N–H and O–H groups in total. The van der Waals surface area contributed by atoms with Crippen molar-refractivity contribution < 1.29 is 8.42 Å². The lowest BCUT2D eigenvalue weighted by molar-refractivity contribution is 0.593. The van der Waals surface area contributed by atoms with E-state index in [2.05, 4.69) is 9.97 Å². The van der Waals surface area contributed by atoms with E-state index in [1.807, 2.05) is 50.2 Å². The smallest absolute Gasteiger partial charge is 0.184 e. The molecule has 5 heteroatoms. The average Bonchev–Trinajstić information content (AvgIpc) is 2.50. The van der Waals surface area contributed by atoms with E-state index in [0.29, 0.717) is 21.8 Å². The zero-order valence-electron chi connectivity index (χ0n) is 13.4. The summed E-state index contributed by atoms with van der Waals surface area (Å²) in [5.41, 5.74) is 4.32. The van der Waals surface area contributed by atoms with Crippen LogP contribution in [0.2, 0.25) is 0 Å². The second-order valence-electron chi connectivity index (χ2n) is 5.77. The second kappa shape index (κ2) is 5.74. The standard InChI is InChI=1S/C18H18N2O2S/c1-12-8-9-13(2)18(10-12)23(21,22)11-17-14(3)19-15-6-4-5-7-16(15)20-17/h4-10H,11H2,1-3H3. The highest BCUT2D eigenvalue weighted by Crippen LogP contribution is 2.22. The van der Waals surface area contributed by atoms with Crippen molar-refractivity contribution in [1.82, 2.24) is 9.97 Å². The van der Waals surface area contributed by atoms with Crippen molar-refractivity contribution in [2.75, 3.05) is 0 Å². The minimum absolute atomic E-state index is 0.138. The molecule has 0 atom stereocenters. The number of hydrogen-bond acceptors (Lipinski definition) is 4. The number of hydrogen-bond donors (Lipinski definition) is 0. The highest BCUT2D eigenvalue weighted by atomic mass is 32.2. The molecule has 2 aromatic carbocycles. The van der Waals surface area contributed by atoms with Crippen molar-refractivity contribution in [3.63, 3.8) is 0 Å². The molecule has 0 bridgehead atoms. The monoisotopic (exact) mass is 326 g/mol. The van der Waals surface area contributed by atoms with E-state index in [0.717, 1.165) is 16.6 Å². The molecule has 0 unspecified atom stereocenters. The fourth-order valence-corrected chi connectivity index (χ4v) is 4.27. The molecule has 0 aliphatic rings. The molecule has 3 rings (SSSR count). The van der Waals surface area contributed by atoms with Gasteiger partial charge in [0.1, 0.15) is 0 Å². The van der Waals surface area contributed by atoms with Crippen LogP contribution in [-0.4, -0.2) is 18.4 Å². The summed E-state index contributed by atoms with van der Waals surface area (Å²) >= 11 is 0. The maximum atomic E-state index is 12.8. The molecule has 0 fully saturated rings. The first-order valence-electron chi connectivity index (χ1n) is 7.39. The number of aryl methyl sites for hydroxylation is 3. The van der Waals surface area contributed by atoms with Crippen LogP contribution in [0, 0.1) is 20.8 Å². The van der Waals surface area contributed by atoms with E-state index in [1.165, 1.54) is 0 Å². The Hall–Kier alpha value is -2.27. The van der Waals surface area contributed by atoms with Crippen LogP contribution in [-0.2, 0) is 15.6 Å². The highest BCUT2D eigenvalue weighted by molar-refractivity contribution is 7.90. The fraction of sp³-hybridized carbons (Fsp3) is 0.222. The lowest BCUT2D eigenvalue weighted by Gasteiger charge is -2.10.